The first-order valence-electron chi connectivity index (χ1n) is 8.96. The number of hydrogen-bond acceptors (Lipinski definition) is 5. The molecule has 0 aliphatic carbocycles. The number of amides is 1. The highest BCUT2D eigenvalue weighted by Crippen LogP contribution is 2.30. The standard InChI is InChI=1S/C20H22F3N5O2/c1-12(13-5-7-14(8-6-13)20(21,22)23)26-17(30)15-11-16(29)28-18(27-15)19(2,3)25-10-4-9-24/h4-12H,24H2,1-3H3,(H,26,30)(H,27,28,29)/t12-/m1/s1. The van der Waals surface area contributed by atoms with Gasteiger partial charge >= 0.3 is 6.18 Å². The molecule has 0 saturated carbocycles. The summed E-state index contributed by atoms with van der Waals surface area (Å²) in [6, 6.07) is 4.89. The Kier molecular flexibility index (Phi) is 6.81. The number of H-pyrrole nitrogens is 1. The lowest BCUT2D eigenvalue weighted by molar-refractivity contribution is -0.137. The fourth-order valence-corrected chi connectivity index (χ4v) is 2.52. The van der Waals surface area contributed by atoms with Crippen LogP contribution in [0.4, 0.5) is 13.2 Å². The molecular formula is C20H22F3N5O2. The maximum absolute atomic E-state index is 12.7. The monoisotopic (exact) mass is 421 g/mol. The molecule has 0 saturated heterocycles. The molecule has 0 fully saturated rings. The number of nitrogens with two attached hydrogens (primary N) is 1. The number of aromatic amines is 1. The minimum absolute atomic E-state index is 0.134. The summed E-state index contributed by atoms with van der Waals surface area (Å²) in [6.07, 6.45) is -0.199. The SMILES string of the molecule is C[C@@H](NC(=O)c1cc(=O)[nH]c(C(C)(C)N=CC=CN)n1)c1ccc(C(F)(F)F)cc1. The van der Waals surface area contributed by atoms with Crippen molar-refractivity contribution in [3.05, 3.63) is 75.6 Å². The smallest absolute Gasteiger partial charge is 0.405 e. The van der Waals surface area contributed by atoms with Gasteiger partial charge in [-0.05, 0) is 50.7 Å². The number of nitrogens with zero attached hydrogens (tertiary/aromatic N) is 2. The zero-order valence-corrected chi connectivity index (χ0v) is 16.6. The summed E-state index contributed by atoms with van der Waals surface area (Å²) in [6.45, 7) is 5.00. The number of carbonyl (C=O) groups is 1. The maximum Gasteiger partial charge on any atom is 0.416 e. The molecule has 1 aromatic carbocycles. The van der Waals surface area contributed by atoms with E-state index in [0.717, 1.165) is 18.2 Å². The lowest BCUT2D eigenvalue weighted by atomic mass is 10.0. The first-order chi connectivity index (χ1) is 13.9. The van der Waals surface area contributed by atoms with Crippen molar-refractivity contribution in [1.82, 2.24) is 15.3 Å². The number of nitrogens with one attached hydrogen (secondary N) is 2. The van der Waals surface area contributed by atoms with Crippen LogP contribution in [-0.2, 0) is 11.7 Å². The van der Waals surface area contributed by atoms with Crippen molar-refractivity contribution in [3.63, 3.8) is 0 Å². The van der Waals surface area contributed by atoms with E-state index in [0.29, 0.717) is 5.56 Å². The molecule has 2 aromatic rings. The van der Waals surface area contributed by atoms with Gasteiger partial charge in [-0.3, -0.25) is 14.6 Å². The van der Waals surface area contributed by atoms with Crippen molar-refractivity contribution in [2.45, 2.75) is 38.5 Å². The second-order valence-corrected chi connectivity index (χ2v) is 7.02. The van der Waals surface area contributed by atoms with Crippen molar-refractivity contribution in [2.24, 2.45) is 10.7 Å². The predicted molar refractivity (Wildman–Crippen MR) is 107 cm³/mol. The molecule has 1 amide bonds. The van der Waals surface area contributed by atoms with Gasteiger partial charge in [0.05, 0.1) is 11.6 Å². The van der Waals surface area contributed by atoms with Gasteiger partial charge in [0.2, 0.25) is 0 Å². The third-order valence-corrected chi connectivity index (χ3v) is 4.23. The number of alkyl halides is 3. The van der Waals surface area contributed by atoms with Crippen LogP contribution in [-0.4, -0.2) is 22.1 Å². The van der Waals surface area contributed by atoms with Gasteiger partial charge in [0.25, 0.3) is 11.5 Å². The summed E-state index contributed by atoms with van der Waals surface area (Å²) < 4.78 is 38.1. The molecular weight excluding hydrogens is 399 g/mol. The molecule has 0 aliphatic rings. The Morgan fingerprint density at radius 1 is 1.27 bits per heavy atom. The van der Waals surface area contributed by atoms with Crippen molar-refractivity contribution in [3.8, 4) is 0 Å². The van der Waals surface area contributed by atoms with E-state index >= 15 is 0 Å². The summed E-state index contributed by atoms with van der Waals surface area (Å²) in [5.74, 6) is -0.472. The number of hydrogen-bond donors (Lipinski definition) is 3. The zero-order valence-electron chi connectivity index (χ0n) is 16.6. The quantitative estimate of drug-likeness (QED) is 0.622. The van der Waals surface area contributed by atoms with Gasteiger partial charge in [-0.25, -0.2) is 4.98 Å². The summed E-state index contributed by atoms with van der Waals surface area (Å²) in [5.41, 5.74) is 3.34. The molecule has 0 unspecified atom stereocenters. The normalized spacial score (nSPS) is 13.7. The van der Waals surface area contributed by atoms with Gasteiger partial charge < -0.3 is 16.0 Å². The van der Waals surface area contributed by atoms with Crippen LogP contribution in [0.3, 0.4) is 0 Å². The Hall–Kier alpha value is -3.43. The van der Waals surface area contributed by atoms with Gasteiger partial charge in [-0.1, -0.05) is 12.1 Å². The molecule has 30 heavy (non-hydrogen) atoms. The average molecular weight is 421 g/mol. The fraction of sp³-hybridized carbons (Fsp3) is 0.300. The molecule has 160 valence electrons. The number of carbonyl (C=O) groups excluding carboxylic acids is 1. The average Bonchev–Trinajstić information content (AvgIpc) is 2.67. The van der Waals surface area contributed by atoms with Crippen LogP contribution in [0, 0.1) is 0 Å². The van der Waals surface area contributed by atoms with Crippen LogP contribution in [0.15, 0.2) is 52.4 Å². The van der Waals surface area contributed by atoms with E-state index in [-0.39, 0.29) is 11.5 Å². The number of rotatable bonds is 6. The third kappa shape index (κ3) is 5.79. The van der Waals surface area contributed by atoms with E-state index in [1.54, 1.807) is 20.8 Å². The van der Waals surface area contributed by atoms with Gasteiger partial charge in [0.1, 0.15) is 17.1 Å². The Morgan fingerprint density at radius 3 is 2.47 bits per heavy atom. The molecule has 4 N–H and O–H groups in total. The first-order valence-corrected chi connectivity index (χ1v) is 8.96. The Labute approximate surface area is 170 Å². The molecule has 0 spiro atoms. The molecule has 1 aromatic heterocycles. The van der Waals surface area contributed by atoms with Crippen LogP contribution >= 0.6 is 0 Å². The van der Waals surface area contributed by atoms with Gasteiger partial charge in [-0.15, -0.1) is 0 Å². The fourth-order valence-electron chi connectivity index (χ4n) is 2.52. The van der Waals surface area contributed by atoms with Crippen LogP contribution in [0.2, 0.25) is 0 Å². The predicted octanol–water partition coefficient (Wildman–Crippen LogP) is 3.06. The van der Waals surface area contributed by atoms with Gasteiger partial charge in [-0.2, -0.15) is 13.2 Å². The molecule has 0 bridgehead atoms. The minimum atomic E-state index is -4.44. The lowest BCUT2D eigenvalue weighted by Crippen LogP contribution is -2.31. The first kappa shape index (κ1) is 22.9. The molecule has 1 heterocycles. The van der Waals surface area contributed by atoms with Gasteiger partial charge in [0.15, 0.2) is 0 Å². The molecule has 1 atom stereocenters. The zero-order chi connectivity index (χ0) is 22.5. The lowest BCUT2D eigenvalue weighted by Gasteiger charge is -2.19. The molecule has 0 aliphatic heterocycles. The van der Waals surface area contributed by atoms with Crippen LogP contribution in [0.25, 0.3) is 0 Å². The van der Waals surface area contributed by atoms with E-state index in [1.807, 2.05) is 0 Å². The molecule has 0 radical (unpaired) electrons. The number of benzene rings is 1. The van der Waals surface area contributed by atoms with Crippen molar-refractivity contribution >= 4 is 12.1 Å². The van der Waals surface area contributed by atoms with Crippen LogP contribution in [0.5, 0.6) is 0 Å². The topological polar surface area (TPSA) is 113 Å². The van der Waals surface area contributed by atoms with E-state index < -0.39 is 34.8 Å². The maximum atomic E-state index is 12.7. The Bertz CT molecular complexity index is 1010. The summed E-state index contributed by atoms with van der Waals surface area (Å²) in [7, 11) is 0. The van der Waals surface area contributed by atoms with Crippen LogP contribution < -0.4 is 16.6 Å². The highest BCUT2D eigenvalue weighted by molar-refractivity contribution is 5.92. The highest BCUT2D eigenvalue weighted by atomic mass is 19.4. The van der Waals surface area contributed by atoms with Crippen molar-refractivity contribution in [1.29, 1.82) is 0 Å². The number of allylic oxidation sites excluding steroid dienone is 1. The summed E-state index contributed by atoms with van der Waals surface area (Å²) >= 11 is 0. The highest BCUT2D eigenvalue weighted by Gasteiger charge is 2.30. The summed E-state index contributed by atoms with van der Waals surface area (Å²) in [5, 5.41) is 2.63. The number of aromatic nitrogens is 2. The second-order valence-electron chi connectivity index (χ2n) is 7.02. The van der Waals surface area contributed by atoms with Crippen molar-refractivity contribution in [2.75, 3.05) is 0 Å². The molecule has 10 heteroatoms. The Morgan fingerprint density at radius 2 is 1.90 bits per heavy atom. The third-order valence-electron chi connectivity index (χ3n) is 4.23. The van der Waals surface area contributed by atoms with Crippen LogP contribution in [0.1, 0.15) is 54.3 Å². The molecule has 2 rings (SSSR count). The van der Waals surface area contributed by atoms with Crippen molar-refractivity contribution < 1.29 is 18.0 Å². The van der Waals surface area contributed by atoms with E-state index in [9.17, 15) is 22.8 Å². The number of aliphatic imine (C=N–C) groups is 1. The van der Waals surface area contributed by atoms with Gasteiger partial charge in [0, 0.05) is 12.3 Å². The number of halogens is 3. The largest absolute Gasteiger partial charge is 0.416 e. The second kappa shape index (κ2) is 8.93. The molecule has 7 nitrogen and oxygen atoms in total. The van der Waals surface area contributed by atoms with E-state index in [2.05, 4.69) is 20.3 Å². The minimum Gasteiger partial charge on any atom is -0.405 e. The van der Waals surface area contributed by atoms with E-state index in [4.69, 9.17) is 5.73 Å². The Balaban J connectivity index is 2.22. The van der Waals surface area contributed by atoms with E-state index in [1.165, 1.54) is 30.6 Å². The summed E-state index contributed by atoms with van der Waals surface area (Å²) in [4.78, 5) is 35.6.